The number of para-hydroxylation sites is 2. The first-order valence-corrected chi connectivity index (χ1v) is 11.9. The van der Waals surface area contributed by atoms with Crippen LogP contribution in [-0.2, 0) is 16.0 Å². The number of rotatable bonds is 7. The first-order valence-electron chi connectivity index (χ1n) is 11.1. The Morgan fingerprint density at radius 2 is 1.88 bits per heavy atom. The van der Waals surface area contributed by atoms with Gasteiger partial charge in [0, 0.05) is 22.9 Å². The maximum atomic E-state index is 13.5. The van der Waals surface area contributed by atoms with Crippen LogP contribution >= 0.6 is 11.3 Å². The van der Waals surface area contributed by atoms with E-state index in [4.69, 9.17) is 9.47 Å². The van der Waals surface area contributed by atoms with Gasteiger partial charge in [-0.1, -0.05) is 26.0 Å². The van der Waals surface area contributed by atoms with Gasteiger partial charge in [-0.15, -0.1) is 11.3 Å². The molecule has 6 nitrogen and oxygen atoms in total. The monoisotopic (exact) mass is 458 g/mol. The number of amides is 2. The minimum Gasteiger partial charge on any atom is -0.493 e. The quantitative estimate of drug-likeness (QED) is 0.611. The van der Waals surface area contributed by atoms with E-state index in [0.29, 0.717) is 24.7 Å². The lowest BCUT2D eigenvalue weighted by molar-refractivity contribution is -0.148. The average Bonchev–Trinajstić information content (AvgIpc) is 3.23. The SMILES string of the molecule is COc1ccccc1OC[C@H]1c2ccsc2CCN1C(=O)CN(C(=O)C(C)C)C(C)(C)C. The molecule has 0 N–H and O–H groups in total. The van der Waals surface area contributed by atoms with Crippen LogP contribution in [-0.4, -0.2) is 54.0 Å². The Bertz CT molecular complexity index is 947. The summed E-state index contributed by atoms with van der Waals surface area (Å²) >= 11 is 1.72. The lowest BCUT2D eigenvalue weighted by atomic mass is 9.99. The first-order chi connectivity index (χ1) is 15.1. The molecule has 32 heavy (non-hydrogen) atoms. The van der Waals surface area contributed by atoms with E-state index < -0.39 is 5.54 Å². The maximum Gasteiger partial charge on any atom is 0.242 e. The van der Waals surface area contributed by atoms with Gasteiger partial charge in [-0.05, 0) is 56.3 Å². The predicted molar refractivity (Wildman–Crippen MR) is 127 cm³/mol. The molecule has 2 aromatic rings. The smallest absolute Gasteiger partial charge is 0.242 e. The molecule has 0 bridgehead atoms. The summed E-state index contributed by atoms with van der Waals surface area (Å²) in [5, 5.41) is 2.07. The molecule has 2 heterocycles. The molecule has 1 aliphatic heterocycles. The van der Waals surface area contributed by atoms with E-state index in [1.165, 1.54) is 4.88 Å². The third-order valence-corrected chi connectivity index (χ3v) is 6.74. The highest BCUT2D eigenvalue weighted by Crippen LogP contribution is 2.35. The van der Waals surface area contributed by atoms with E-state index in [2.05, 4.69) is 11.4 Å². The second kappa shape index (κ2) is 9.94. The highest BCUT2D eigenvalue weighted by atomic mass is 32.1. The van der Waals surface area contributed by atoms with Crippen molar-refractivity contribution in [3.05, 3.63) is 46.2 Å². The van der Waals surface area contributed by atoms with Crippen LogP contribution in [0.25, 0.3) is 0 Å². The van der Waals surface area contributed by atoms with Crippen LogP contribution in [0, 0.1) is 5.92 Å². The Kier molecular flexibility index (Phi) is 7.49. The summed E-state index contributed by atoms with van der Waals surface area (Å²) in [5.74, 6) is 1.07. The van der Waals surface area contributed by atoms with Crippen molar-refractivity contribution in [1.29, 1.82) is 0 Å². The molecule has 1 aromatic carbocycles. The van der Waals surface area contributed by atoms with Crippen molar-refractivity contribution in [1.82, 2.24) is 9.80 Å². The van der Waals surface area contributed by atoms with Gasteiger partial charge in [0.15, 0.2) is 11.5 Å². The molecule has 0 saturated carbocycles. The molecule has 1 atom stereocenters. The van der Waals surface area contributed by atoms with Crippen molar-refractivity contribution in [3.8, 4) is 11.5 Å². The topological polar surface area (TPSA) is 59.1 Å². The van der Waals surface area contributed by atoms with Gasteiger partial charge in [0.1, 0.15) is 13.2 Å². The highest BCUT2D eigenvalue weighted by molar-refractivity contribution is 7.10. The largest absolute Gasteiger partial charge is 0.493 e. The van der Waals surface area contributed by atoms with E-state index in [-0.39, 0.29) is 30.3 Å². The maximum absolute atomic E-state index is 13.5. The number of benzene rings is 1. The fourth-order valence-electron chi connectivity index (χ4n) is 3.96. The summed E-state index contributed by atoms with van der Waals surface area (Å²) in [6.45, 7) is 10.6. The van der Waals surface area contributed by atoms with E-state index in [1.54, 1.807) is 23.3 Å². The fourth-order valence-corrected chi connectivity index (χ4v) is 4.89. The van der Waals surface area contributed by atoms with Crippen LogP contribution in [0.3, 0.4) is 0 Å². The number of carbonyl (C=O) groups excluding carboxylic acids is 2. The van der Waals surface area contributed by atoms with Crippen molar-refractivity contribution >= 4 is 23.2 Å². The normalized spacial score (nSPS) is 16.0. The lowest BCUT2D eigenvalue weighted by Crippen LogP contribution is -2.54. The number of fused-ring (bicyclic) bond motifs is 1. The van der Waals surface area contributed by atoms with E-state index >= 15 is 0 Å². The molecule has 3 rings (SSSR count). The van der Waals surface area contributed by atoms with Crippen molar-refractivity contribution in [2.75, 3.05) is 26.8 Å². The van der Waals surface area contributed by atoms with Crippen LogP contribution < -0.4 is 9.47 Å². The number of carbonyl (C=O) groups is 2. The molecule has 0 spiro atoms. The van der Waals surface area contributed by atoms with Gasteiger partial charge < -0.3 is 19.3 Å². The number of hydrogen-bond acceptors (Lipinski definition) is 5. The third-order valence-electron chi connectivity index (χ3n) is 5.74. The molecule has 0 radical (unpaired) electrons. The van der Waals surface area contributed by atoms with E-state index in [1.807, 2.05) is 63.8 Å². The lowest BCUT2D eigenvalue weighted by Gasteiger charge is -2.40. The van der Waals surface area contributed by atoms with E-state index in [9.17, 15) is 9.59 Å². The standard InChI is InChI=1S/C25H34N2O4S/c1-17(2)24(29)27(25(3,4)5)15-23(28)26-13-11-22-18(12-14-32-22)19(26)16-31-21-10-8-7-9-20(21)30-6/h7-10,12,14,17,19H,11,13,15-16H2,1-6H3/t19-/m0/s1. The van der Waals surface area contributed by atoms with Crippen molar-refractivity contribution in [3.63, 3.8) is 0 Å². The number of ether oxygens (including phenoxy) is 2. The molecular weight excluding hydrogens is 424 g/mol. The van der Waals surface area contributed by atoms with E-state index in [0.717, 1.165) is 12.0 Å². The highest BCUT2D eigenvalue weighted by Gasteiger charge is 2.36. The minimum absolute atomic E-state index is 0.0131. The van der Waals surface area contributed by atoms with Crippen LogP contribution in [0.2, 0.25) is 0 Å². The van der Waals surface area contributed by atoms with Crippen LogP contribution in [0.4, 0.5) is 0 Å². The van der Waals surface area contributed by atoms with Crippen molar-refractivity contribution in [2.45, 2.75) is 52.6 Å². The summed E-state index contributed by atoms with van der Waals surface area (Å²) in [7, 11) is 1.61. The molecule has 0 fully saturated rings. The number of nitrogens with zero attached hydrogens (tertiary/aromatic N) is 2. The summed E-state index contributed by atoms with van der Waals surface area (Å²) in [6.07, 6.45) is 0.817. The van der Waals surface area contributed by atoms with Gasteiger partial charge >= 0.3 is 0 Å². The summed E-state index contributed by atoms with van der Waals surface area (Å²) in [6, 6.07) is 9.39. The Hall–Kier alpha value is -2.54. The molecule has 1 aromatic heterocycles. The van der Waals surface area contributed by atoms with Gasteiger partial charge in [0.2, 0.25) is 11.8 Å². The van der Waals surface area contributed by atoms with Crippen molar-refractivity contribution in [2.24, 2.45) is 5.92 Å². The summed E-state index contributed by atoms with van der Waals surface area (Å²) < 4.78 is 11.5. The molecule has 7 heteroatoms. The van der Waals surface area contributed by atoms with Crippen LogP contribution in [0.15, 0.2) is 35.7 Å². The predicted octanol–water partition coefficient (Wildman–Crippen LogP) is 4.54. The molecule has 2 amide bonds. The second-order valence-corrected chi connectivity index (χ2v) is 10.4. The molecule has 0 aliphatic carbocycles. The van der Waals surface area contributed by atoms with Crippen LogP contribution in [0.1, 0.15) is 51.1 Å². The number of methoxy groups -OCH3 is 1. The molecule has 0 saturated heterocycles. The van der Waals surface area contributed by atoms with Gasteiger partial charge in [-0.2, -0.15) is 0 Å². The first kappa shape index (κ1) is 24.1. The number of thiophene rings is 1. The summed E-state index contributed by atoms with van der Waals surface area (Å²) in [5.41, 5.74) is 0.686. The Balaban J connectivity index is 1.83. The fraction of sp³-hybridized carbons (Fsp3) is 0.520. The zero-order valence-electron chi connectivity index (χ0n) is 19.9. The molecular formula is C25H34N2O4S. The van der Waals surface area contributed by atoms with Gasteiger partial charge in [0.05, 0.1) is 13.2 Å². The molecule has 0 unspecified atom stereocenters. The Morgan fingerprint density at radius 3 is 2.50 bits per heavy atom. The minimum atomic E-state index is -0.441. The summed E-state index contributed by atoms with van der Waals surface area (Å²) in [4.78, 5) is 31.2. The zero-order chi connectivity index (χ0) is 23.5. The van der Waals surface area contributed by atoms with Crippen molar-refractivity contribution < 1.29 is 19.1 Å². The zero-order valence-corrected chi connectivity index (χ0v) is 20.7. The van der Waals surface area contributed by atoms with Gasteiger partial charge in [0.25, 0.3) is 0 Å². The Morgan fingerprint density at radius 1 is 1.19 bits per heavy atom. The average molecular weight is 459 g/mol. The molecule has 1 aliphatic rings. The Labute approximate surface area is 195 Å². The van der Waals surface area contributed by atoms with Crippen LogP contribution in [0.5, 0.6) is 11.5 Å². The van der Waals surface area contributed by atoms with Gasteiger partial charge in [-0.25, -0.2) is 0 Å². The third kappa shape index (κ3) is 5.26. The molecule has 174 valence electrons. The number of hydrogen-bond donors (Lipinski definition) is 0. The van der Waals surface area contributed by atoms with Gasteiger partial charge in [-0.3, -0.25) is 9.59 Å². The second-order valence-electron chi connectivity index (χ2n) is 9.36.